The summed E-state index contributed by atoms with van der Waals surface area (Å²) in [6, 6.07) is 5.91. The Bertz CT molecular complexity index is 450. The number of nitrogens with two attached hydrogens (primary N) is 2. The quantitative estimate of drug-likeness (QED) is 0.800. The molecule has 1 aromatic carbocycles. The summed E-state index contributed by atoms with van der Waals surface area (Å²) in [6.07, 6.45) is 4.41. The number of amides is 1. The van der Waals surface area contributed by atoms with Crippen LogP contribution in [0.2, 0.25) is 0 Å². The Morgan fingerprint density at radius 3 is 2.72 bits per heavy atom. The maximum absolute atomic E-state index is 11.5. The van der Waals surface area contributed by atoms with Gasteiger partial charge < -0.3 is 16.8 Å². The number of anilines is 1. The van der Waals surface area contributed by atoms with Crippen LogP contribution in [0.25, 0.3) is 0 Å². The summed E-state index contributed by atoms with van der Waals surface area (Å²) >= 11 is 3.36. The molecule has 2 rings (SSSR count). The molecular weight excluding hydrogens is 294 g/mol. The van der Waals surface area contributed by atoms with E-state index in [1.807, 2.05) is 18.2 Å². The highest BCUT2D eigenvalue weighted by atomic mass is 79.9. The topological polar surface area (TPSA) is 81.1 Å². The van der Waals surface area contributed by atoms with E-state index < -0.39 is 5.91 Å². The minimum atomic E-state index is -0.436. The van der Waals surface area contributed by atoms with Gasteiger partial charge in [-0.1, -0.05) is 18.9 Å². The molecule has 0 heterocycles. The molecule has 5 N–H and O–H groups in total. The SMILES string of the molecule is NC(=O)c1c(Br)cccc1NC1CCCCC1N. The van der Waals surface area contributed by atoms with Crippen molar-refractivity contribution in [1.82, 2.24) is 0 Å². The third kappa shape index (κ3) is 2.84. The fourth-order valence-corrected chi connectivity index (χ4v) is 2.99. The van der Waals surface area contributed by atoms with Crippen LogP contribution in [0.5, 0.6) is 0 Å². The summed E-state index contributed by atoms with van der Waals surface area (Å²) in [6.45, 7) is 0. The van der Waals surface area contributed by atoms with Gasteiger partial charge in [0.2, 0.25) is 0 Å². The zero-order valence-electron chi connectivity index (χ0n) is 10.2. The van der Waals surface area contributed by atoms with E-state index in [4.69, 9.17) is 11.5 Å². The Hall–Kier alpha value is -1.07. The molecule has 4 nitrogen and oxygen atoms in total. The van der Waals surface area contributed by atoms with Crippen molar-refractivity contribution in [2.45, 2.75) is 37.8 Å². The Labute approximate surface area is 115 Å². The lowest BCUT2D eigenvalue weighted by Crippen LogP contribution is -2.42. The molecule has 2 unspecified atom stereocenters. The highest BCUT2D eigenvalue weighted by molar-refractivity contribution is 9.10. The second kappa shape index (κ2) is 5.71. The molecule has 0 saturated heterocycles. The first-order valence-electron chi connectivity index (χ1n) is 6.20. The van der Waals surface area contributed by atoms with Crippen LogP contribution in [0.15, 0.2) is 22.7 Å². The average Bonchev–Trinajstić information content (AvgIpc) is 2.31. The molecule has 1 fully saturated rings. The third-order valence-electron chi connectivity index (χ3n) is 3.42. The van der Waals surface area contributed by atoms with Gasteiger partial charge in [-0.3, -0.25) is 4.79 Å². The van der Waals surface area contributed by atoms with Crippen LogP contribution >= 0.6 is 15.9 Å². The van der Waals surface area contributed by atoms with E-state index in [1.54, 1.807) is 0 Å². The van der Waals surface area contributed by atoms with Crippen molar-refractivity contribution in [3.63, 3.8) is 0 Å². The van der Waals surface area contributed by atoms with Gasteiger partial charge in [-0.15, -0.1) is 0 Å². The maximum atomic E-state index is 11.5. The Balaban J connectivity index is 2.23. The number of benzene rings is 1. The number of nitrogens with one attached hydrogen (secondary N) is 1. The molecular formula is C13H18BrN3O. The normalized spacial score (nSPS) is 23.7. The van der Waals surface area contributed by atoms with E-state index in [0.717, 1.165) is 18.5 Å². The van der Waals surface area contributed by atoms with Gasteiger partial charge in [-0.2, -0.15) is 0 Å². The summed E-state index contributed by atoms with van der Waals surface area (Å²) in [5.41, 5.74) is 12.8. The molecule has 1 saturated carbocycles. The van der Waals surface area contributed by atoms with Gasteiger partial charge in [0, 0.05) is 22.2 Å². The molecule has 2 atom stereocenters. The van der Waals surface area contributed by atoms with Gasteiger partial charge in [0.25, 0.3) is 5.91 Å². The second-order valence-electron chi connectivity index (χ2n) is 4.73. The van der Waals surface area contributed by atoms with Crippen molar-refractivity contribution in [1.29, 1.82) is 0 Å². The van der Waals surface area contributed by atoms with Crippen LogP contribution in [0.1, 0.15) is 36.0 Å². The lowest BCUT2D eigenvalue weighted by atomic mass is 9.90. The third-order valence-corrected chi connectivity index (χ3v) is 4.08. The molecule has 0 radical (unpaired) electrons. The molecule has 5 heteroatoms. The van der Waals surface area contributed by atoms with E-state index in [9.17, 15) is 4.79 Å². The summed E-state index contributed by atoms with van der Waals surface area (Å²) in [5, 5.41) is 3.37. The first-order chi connectivity index (χ1) is 8.59. The Morgan fingerprint density at radius 2 is 2.06 bits per heavy atom. The minimum Gasteiger partial charge on any atom is -0.380 e. The summed E-state index contributed by atoms with van der Waals surface area (Å²) in [7, 11) is 0. The van der Waals surface area contributed by atoms with Crippen LogP contribution in [0, 0.1) is 0 Å². The number of halogens is 1. The number of carbonyl (C=O) groups excluding carboxylic acids is 1. The van der Waals surface area contributed by atoms with Crippen molar-refractivity contribution in [3.05, 3.63) is 28.2 Å². The number of primary amides is 1. The molecule has 1 aliphatic carbocycles. The van der Waals surface area contributed by atoms with Gasteiger partial charge in [-0.05, 0) is 40.9 Å². The fourth-order valence-electron chi connectivity index (χ4n) is 2.43. The van der Waals surface area contributed by atoms with E-state index in [1.165, 1.54) is 12.8 Å². The minimum absolute atomic E-state index is 0.137. The second-order valence-corrected chi connectivity index (χ2v) is 5.58. The van der Waals surface area contributed by atoms with E-state index in [0.29, 0.717) is 10.0 Å². The number of hydrogen-bond donors (Lipinski definition) is 3. The average molecular weight is 312 g/mol. The molecule has 98 valence electrons. The van der Waals surface area contributed by atoms with Crippen molar-refractivity contribution in [3.8, 4) is 0 Å². The standard InChI is InChI=1S/C13H18BrN3O/c14-8-4-3-7-11(12(8)13(16)18)17-10-6-2-1-5-9(10)15/h3-4,7,9-10,17H,1-2,5-6,15H2,(H2,16,18). The number of rotatable bonds is 3. The monoisotopic (exact) mass is 311 g/mol. The van der Waals surface area contributed by atoms with Crippen LogP contribution in [0.3, 0.4) is 0 Å². The summed E-state index contributed by atoms with van der Waals surface area (Å²) in [5.74, 6) is -0.436. The van der Waals surface area contributed by atoms with Crippen LogP contribution < -0.4 is 16.8 Å². The summed E-state index contributed by atoms with van der Waals surface area (Å²) in [4.78, 5) is 11.5. The van der Waals surface area contributed by atoms with Crippen molar-refractivity contribution >= 4 is 27.5 Å². The molecule has 0 spiro atoms. The lowest BCUT2D eigenvalue weighted by Gasteiger charge is -2.30. The van der Waals surface area contributed by atoms with E-state index in [-0.39, 0.29) is 12.1 Å². The molecule has 0 aromatic heterocycles. The molecule has 1 aliphatic rings. The molecule has 1 aromatic rings. The predicted octanol–water partition coefficient (Wildman–Crippen LogP) is 2.23. The van der Waals surface area contributed by atoms with Gasteiger partial charge >= 0.3 is 0 Å². The Kier molecular flexibility index (Phi) is 4.24. The number of hydrogen-bond acceptors (Lipinski definition) is 3. The largest absolute Gasteiger partial charge is 0.380 e. The lowest BCUT2D eigenvalue weighted by molar-refractivity contribution is 0.1000. The first-order valence-corrected chi connectivity index (χ1v) is 6.99. The van der Waals surface area contributed by atoms with Crippen molar-refractivity contribution in [2.75, 3.05) is 5.32 Å². The smallest absolute Gasteiger partial charge is 0.251 e. The fraction of sp³-hybridized carbons (Fsp3) is 0.462. The van der Waals surface area contributed by atoms with Gasteiger partial charge in [0.05, 0.1) is 5.56 Å². The Morgan fingerprint density at radius 1 is 1.33 bits per heavy atom. The van der Waals surface area contributed by atoms with E-state index in [2.05, 4.69) is 21.2 Å². The zero-order chi connectivity index (χ0) is 13.1. The highest BCUT2D eigenvalue weighted by Crippen LogP contribution is 2.27. The molecule has 0 aliphatic heterocycles. The number of carbonyl (C=O) groups is 1. The van der Waals surface area contributed by atoms with Gasteiger partial charge in [0.1, 0.15) is 0 Å². The molecule has 1 amide bonds. The molecule has 18 heavy (non-hydrogen) atoms. The highest BCUT2D eigenvalue weighted by Gasteiger charge is 2.23. The zero-order valence-corrected chi connectivity index (χ0v) is 11.7. The van der Waals surface area contributed by atoms with Gasteiger partial charge in [-0.25, -0.2) is 0 Å². The van der Waals surface area contributed by atoms with Crippen molar-refractivity contribution < 1.29 is 4.79 Å². The van der Waals surface area contributed by atoms with Crippen LogP contribution in [-0.2, 0) is 0 Å². The van der Waals surface area contributed by atoms with Gasteiger partial charge in [0.15, 0.2) is 0 Å². The molecule has 0 bridgehead atoms. The first kappa shape index (κ1) is 13.4. The summed E-state index contributed by atoms with van der Waals surface area (Å²) < 4.78 is 0.712. The van der Waals surface area contributed by atoms with Crippen LogP contribution in [0.4, 0.5) is 5.69 Å². The van der Waals surface area contributed by atoms with E-state index >= 15 is 0 Å². The van der Waals surface area contributed by atoms with Crippen molar-refractivity contribution in [2.24, 2.45) is 11.5 Å². The maximum Gasteiger partial charge on any atom is 0.251 e. The predicted molar refractivity (Wildman–Crippen MR) is 76.5 cm³/mol. The van der Waals surface area contributed by atoms with Crippen LogP contribution in [-0.4, -0.2) is 18.0 Å².